The van der Waals surface area contributed by atoms with E-state index in [-0.39, 0.29) is 23.8 Å². The second-order valence-electron chi connectivity index (χ2n) is 5.49. The molecule has 1 aliphatic rings. The third kappa shape index (κ3) is 5.16. The van der Waals surface area contributed by atoms with Gasteiger partial charge in [0.15, 0.2) is 0 Å². The summed E-state index contributed by atoms with van der Waals surface area (Å²) in [6, 6.07) is 0.00548. The molecular weight excluding hydrogens is 252 g/mol. The molecule has 0 aliphatic carbocycles. The van der Waals surface area contributed by atoms with E-state index >= 15 is 0 Å². The van der Waals surface area contributed by atoms with Crippen LogP contribution in [0.5, 0.6) is 0 Å². The number of hydrogen-bond donors (Lipinski definition) is 2. The fraction of sp³-hybridized carbons (Fsp3) is 0.833. The van der Waals surface area contributed by atoms with Gasteiger partial charge in [-0.3, -0.25) is 4.79 Å². The summed E-state index contributed by atoms with van der Waals surface area (Å²) in [6.45, 7) is 6.72. The van der Waals surface area contributed by atoms with Crippen molar-refractivity contribution in [2.75, 3.05) is 18.8 Å². The molecule has 0 radical (unpaired) electrons. The minimum atomic E-state index is -0.488. The molecule has 2 amide bonds. The molecular formula is C12H22N2O3S. The van der Waals surface area contributed by atoms with E-state index in [4.69, 9.17) is 4.74 Å². The SMILES string of the molecule is CC(C)(C)OC(=O)N1CCCC(NC(=O)CS)C1. The van der Waals surface area contributed by atoms with E-state index in [9.17, 15) is 9.59 Å². The first kappa shape index (κ1) is 15.1. The number of piperidine rings is 1. The smallest absolute Gasteiger partial charge is 0.410 e. The van der Waals surface area contributed by atoms with Gasteiger partial charge in [-0.15, -0.1) is 0 Å². The van der Waals surface area contributed by atoms with Crippen molar-refractivity contribution in [3.05, 3.63) is 0 Å². The number of thiol groups is 1. The van der Waals surface area contributed by atoms with Crippen molar-refractivity contribution in [1.82, 2.24) is 10.2 Å². The zero-order valence-electron chi connectivity index (χ0n) is 11.2. The van der Waals surface area contributed by atoms with Gasteiger partial charge in [-0.05, 0) is 33.6 Å². The second kappa shape index (κ2) is 6.31. The maximum Gasteiger partial charge on any atom is 0.410 e. The lowest BCUT2D eigenvalue weighted by molar-refractivity contribution is -0.119. The van der Waals surface area contributed by atoms with Gasteiger partial charge in [0.2, 0.25) is 5.91 Å². The summed E-state index contributed by atoms with van der Waals surface area (Å²) in [5, 5.41) is 2.85. The Morgan fingerprint density at radius 2 is 2.11 bits per heavy atom. The van der Waals surface area contributed by atoms with Gasteiger partial charge in [0, 0.05) is 19.1 Å². The number of nitrogens with zero attached hydrogens (tertiary/aromatic N) is 1. The number of amides is 2. The summed E-state index contributed by atoms with van der Waals surface area (Å²) >= 11 is 3.92. The average Bonchev–Trinajstić information content (AvgIpc) is 2.27. The summed E-state index contributed by atoms with van der Waals surface area (Å²) in [6.07, 6.45) is 1.45. The molecule has 0 saturated carbocycles. The first-order chi connectivity index (χ1) is 8.31. The standard InChI is InChI=1S/C12H22N2O3S/c1-12(2,3)17-11(16)14-6-4-5-9(7-14)13-10(15)8-18/h9,18H,4-8H2,1-3H3,(H,13,15). The molecule has 1 saturated heterocycles. The molecule has 0 aromatic carbocycles. The minimum absolute atomic E-state index is 0.00548. The number of hydrogen-bond acceptors (Lipinski definition) is 4. The fourth-order valence-electron chi connectivity index (χ4n) is 1.86. The van der Waals surface area contributed by atoms with Gasteiger partial charge in [0.1, 0.15) is 5.60 Å². The summed E-state index contributed by atoms with van der Waals surface area (Å²) < 4.78 is 5.32. The highest BCUT2D eigenvalue weighted by Crippen LogP contribution is 2.15. The number of carbonyl (C=O) groups is 2. The van der Waals surface area contributed by atoms with Crippen LogP contribution in [-0.4, -0.2) is 47.4 Å². The lowest BCUT2D eigenvalue weighted by atomic mass is 10.1. The molecule has 1 rings (SSSR count). The largest absolute Gasteiger partial charge is 0.444 e. The lowest BCUT2D eigenvalue weighted by Crippen LogP contribution is -2.50. The normalized spacial score (nSPS) is 20.4. The zero-order valence-corrected chi connectivity index (χ0v) is 12.1. The van der Waals surface area contributed by atoms with Crippen molar-refractivity contribution in [3.8, 4) is 0 Å². The van der Waals surface area contributed by atoms with E-state index in [0.717, 1.165) is 12.8 Å². The Labute approximate surface area is 114 Å². The molecule has 1 aliphatic heterocycles. The van der Waals surface area contributed by atoms with Gasteiger partial charge in [-0.1, -0.05) is 0 Å². The van der Waals surface area contributed by atoms with Crippen LogP contribution in [0, 0.1) is 0 Å². The van der Waals surface area contributed by atoms with Crippen LogP contribution >= 0.6 is 12.6 Å². The van der Waals surface area contributed by atoms with Crippen molar-refractivity contribution < 1.29 is 14.3 Å². The van der Waals surface area contributed by atoms with Gasteiger partial charge in [-0.2, -0.15) is 12.6 Å². The van der Waals surface area contributed by atoms with Crippen LogP contribution in [0.25, 0.3) is 0 Å². The molecule has 0 aromatic heterocycles. The van der Waals surface area contributed by atoms with Gasteiger partial charge in [-0.25, -0.2) is 4.79 Å². The van der Waals surface area contributed by atoms with Crippen molar-refractivity contribution >= 4 is 24.6 Å². The van der Waals surface area contributed by atoms with E-state index in [1.807, 2.05) is 20.8 Å². The van der Waals surface area contributed by atoms with Crippen molar-refractivity contribution in [3.63, 3.8) is 0 Å². The number of carbonyl (C=O) groups excluding carboxylic acids is 2. The molecule has 104 valence electrons. The maximum absolute atomic E-state index is 11.9. The predicted octanol–water partition coefficient (Wildman–Crippen LogP) is 1.43. The summed E-state index contributed by atoms with van der Waals surface area (Å²) in [5.74, 6) is 0.0671. The maximum atomic E-state index is 11.9. The molecule has 1 atom stereocenters. The minimum Gasteiger partial charge on any atom is -0.444 e. The molecule has 6 heteroatoms. The highest BCUT2D eigenvalue weighted by Gasteiger charge is 2.27. The Kier molecular flexibility index (Phi) is 5.31. The van der Waals surface area contributed by atoms with Crippen LogP contribution in [0.3, 0.4) is 0 Å². The van der Waals surface area contributed by atoms with E-state index < -0.39 is 5.60 Å². The number of nitrogens with one attached hydrogen (secondary N) is 1. The third-order valence-corrected chi connectivity index (χ3v) is 2.87. The molecule has 1 fully saturated rings. The van der Waals surface area contributed by atoms with Crippen LogP contribution in [-0.2, 0) is 9.53 Å². The summed E-state index contributed by atoms with van der Waals surface area (Å²) in [5.41, 5.74) is -0.488. The Bertz CT molecular complexity index is 315. The molecule has 0 spiro atoms. The quantitative estimate of drug-likeness (QED) is 0.749. The van der Waals surface area contributed by atoms with Crippen LogP contribution in [0.15, 0.2) is 0 Å². The van der Waals surface area contributed by atoms with Crippen LogP contribution in [0.1, 0.15) is 33.6 Å². The lowest BCUT2D eigenvalue weighted by Gasteiger charge is -2.34. The van der Waals surface area contributed by atoms with Crippen molar-refractivity contribution in [2.45, 2.75) is 45.3 Å². The first-order valence-corrected chi connectivity index (χ1v) is 6.83. The molecule has 18 heavy (non-hydrogen) atoms. The Balaban J connectivity index is 2.48. The highest BCUT2D eigenvalue weighted by atomic mass is 32.1. The first-order valence-electron chi connectivity index (χ1n) is 6.20. The molecule has 1 heterocycles. The fourth-order valence-corrected chi connectivity index (χ4v) is 1.95. The Hall–Kier alpha value is -0.910. The van der Waals surface area contributed by atoms with E-state index in [0.29, 0.717) is 13.1 Å². The van der Waals surface area contributed by atoms with Gasteiger partial charge in [0.25, 0.3) is 0 Å². The average molecular weight is 274 g/mol. The summed E-state index contributed by atoms with van der Waals surface area (Å²) in [7, 11) is 0. The Morgan fingerprint density at radius 3 is 2.67 bits per heavy atom. The van der Waals surface area contributed by atoms with E-state index in [2.05, 4.69) is 17.9 Å². The van der Waals surface area contributed by atoms with Crippen molar-refractivity contribution in [1.29, 1.82) is 0 Å². The predicted molar refractivity (Wildman–Crippen MR) is 72.8 cm³/mol. The van der Waals surface area contributed by atoms with Gasteiger partial charge >= 0.3 is 6.09 Å². The van der Waals surface area contributed by atoms with Crippen LogP contribution in [0.4, 0.5) is 4.79 Å². The van der Waals surface area contributed by atoms with E-state index in [1.165, 1.54) is 0 Å². The zero-order chi connectivity index (χ0) is 13.8. The Morgan fingerprint density at radius 1 is 1.44 bits per heavy atom. The molecule has 1 unspecified atom stereocenters. The van der Waals surface area contributed by atoms with Crippen LogP contribution < -0.4 is 5.32 Å². The molecule has 5 nitrogen and oxygen atoms in total. The molecule has 1 N–H and O–H groups in total. The second-order valence-corrected chi connectivity index (χ2v) is 5.81. The monoisotopic (exact) mass is 274 g/mol. The van der Waals surface area contributed by atoms with Gasteiger partial charge < -0.3 is 15.0 Å². The molecule has 0 bridgehead atoms. The topological polar surface area (TPSA) is 58.6 Å². The number of likely N-dealkylation sites (tertiary alicyclic amines) is 1. The third-order valence-electron chi connectivity index (χ3n) is 2.58. The number of ether oxygens (including phenoxy) is 1. The van der Waals surface area contributed by atoms with Crippen LogP contribution in [0.2, 0.25) is 0 Å². The van der Waals surface area contributed by atoms with Gasteiger partial charge in [0.05, 0.1) is 5.75 Å². The summed E-state index contributed by atoms with van der Waals surface area (Å²) in [4.78, 5) is 24.8. The van der Waals surface area contributed by atoms with E-state index in [1.54, 1.807) is 4.90 Å². The van der Waals surface area contributed by atoms with Crippen molar-refractivity contribution in [2.24, 2.45) is 0 Å². The number of rotatable bonds is 2. The highest BCUT2D eigenvalue weighted by molar-refractivity contribution is 7.81. The molecule has 0 aromatic rings.